The van der Waals surface area contributed by atoms with Gasteiger partial charge in [-0.15, -0.1) is 0 Å². The fraction of sp³-hybridized carbons (Fsp3) is 0.556. The van der Waals surface area contributed by atoms with Crippen LogP contribution in [0, 0.1) is 0 Å². The second-order valence-electron chi connectivity index (χ2n) is 3.68. The van der Waals surface area contributed by atoms with Crippen LogP contribution < -0.4 is 11.4 Å². The van der Waals surface area contributed by atoms with Crippen molar-refractivity contribution in [2.75, 3.05) is 5.73 Å². The number of hydrogen-bond acceptors (Lipinski definition) is 5. The first-order chi connectivity index (χ1) is 7.08. The predicted molar refractivity (Wildman–Crippen MR) is 53.1 cm³/mol. The van der Waals surface area contributed by atoms with Gasteiger partial charge in [0, 0.05) is 12.6 Å². The second kappa shape index (κ2) is 3.63. The van der Waals surface area contributed by atoms with Gasteiger partial charge >= 0.3 is 5.69 Å². The Morgan fingerprint density at radius 1 is 1.73 bits per heavy atom. The first-order valence-corrected chi connectivity index (χ1v) is 4.76. The van der Waals surface area contributed by atoms with Crippen molar-refractivity contribution in [1.82, 2.24) is 9.55 Å². The van der Waals surface area contributed by atoms with E-state index in [4.69, 9.17) is 10.5 Å². The molecule has 1 aromatic heterocycles. The highest BCUT2D eigenvalue weighted by molar-refractivity contribution is 5.23. The third-order valence-corrected chi connectivity index (χ3v) is 2.40. The Hall–Kier alpha value is -1.40. The molecule has 0 aliphatic carbocycles. The monoisotopic (exact) mass is 211 g/mol. The van der Waals surface area contributed by atoms with E-state index in [1.54, 1.807) is 0 Å². The van der Waals surface area contributed by atoms with Crippen molar-refractivity contribution in [3.63, 3.8) is 0 Å². The molecule has 3 N–H and O–H groups in total. The maximum atomic E-state index is 11.5. The lowest BCUT2D eigenvalue weighted by molar-refractivity contribution is -0.0347. The normalized spacial score (nSPS) is 30.7. The number of anilines is 1. The minimum absolute atomic E-state index is 0.0607. The molecule has 82 valence electrons. The smallest absolute Gasteiger partial charge is 0.351 e. The lowest BCUT2D eigenvalue weighted by Crippen LogP contribution is -2.31. The molecular formula is C9H13N3O3. The van der Waals surface area contributed by atoms with Crippen LogP contribution in [0.4, 0.5) is 5.82 Å². The Labute approximate surface area is 86.3 Å². The average molecular weight is 211 g/mol. The summed E-state index contributed by atoms with van der Waals surface area (Å²) >= 11 is 0. The number of nitrogens with zero attached hydrogens (tertiary/aromatic N) is 2. The van der Waals surface area contributed by atoms with Crippen molar-refractivity contribution < 1.29 is 9.84 Å². The van der Waals surface area contributed by atoms with Gasteiger partial charge in [0.15, 0.2) is 6.23 Å². The fourth-order valence-electron chi connectivity index (χ4n) is 1.71. The van der Waals surface area contributed by atoms with Gasteiger partial charge in [-0.3, -0.25) is 4.57 Å². The van der Waals surface area contributed by atoms with Crippen LogP contribution in [0.15, 0.2) is 17.1 Å². The Balaban J connectivity index is 2.34. The summed E-state index contributed by atoms with van der Waals surface area (Å²) in [6.07, 6.45) is 0.608. The lowest BCUT2D eigenvalue weighted by Gasteiger charge is -2.16. The number of aromatic nitrogens is 2. The molecule has 0 saturated carbocycles. The molecule has 0 aromatic carbocycles. The predicted octanol–water partition coefficient (Wildman–Crippen LogP) is -0.506. The zero-order valence-electron chi connectivity index (χ0n) is 8.33. The van der Waals surface area contributed by atoms with E-state index in [1.165, 1.54) is 16.8 Å². The van der Waals surface area contributed by atoms with Gasteiger partial charge in [-0.25, -0.2) is 4.79 Å². The largest absolute Gasteiger partial charge is 0.388 e. The van der Waals surface area contributed by atoms with Crippen LogP contribution in [-0.2, 0) is 4.74 Å². The maximum absolute atomic E-state index is 11.5. The minimum atomic E-state index is -0.678. The third kappa shape index (κ3) is 1.86. The molecule has 3 atom stereocenters. The molecule has 2 heterocycles. The van der Waals surface area contributed by atoms with Gasteiger partial charge in [0.25, 0.3) is 0 Å². The molecule has 0 spiro atoms. The molecule has 2 unspecified atom stereocenters. The summed E-state index contributed by atoms with van der Waals surface area (Å²) in [6.45, 7) is 1.85. The van der Waals surface area contributed by atoms with Gasteiger partial charge in [-0.2, -0.15) is 4.98 Å². The van der Waals surface area contributed by atoms with Crippen LogP contribution in [0.25, 0.3) is 0 Å². The molecule has 0 amide bonds. The van der Waals surface area contributed by atoms with Gasteiger partial charge < -0.3 is 15.6 Å². The van der Waals surface area contributed by atoms with Crippen molar-refractivity contribution in [3.8, 4) is 0 Å². The van der Waals surface area contributed by atoms with Crippen LogP contribution in [0.1, 0.15) is 19.6 Å². The number of nitrogens with two attached hydrogens (primary N) is 1. The Kier molecular flexibility index (Phi) is 2.45. The Bertz CT molecular complexity index is 417. The Morgan fingerprint density at radius 3 is 3.00 bits per heavy atom. The number of aliphatic hydroxyl groups is 1. The van der Waals surface area contributed by atoms with Gasteiger partial charge in [0.05, 0.1) is 6.10 Å². The van der Waals surface area contributed by atoms with Crippen LogP contribution in [0.5, 0.6) is 0 Å². The van der Waals surface area contributed by atoms with E-state index in [0.29, 0.717) is 6.42 Å². The van der Waals surface area contributed by atoms with Crippen LogP contribution in [0.3, 0.4) is 0 Å². The van der Waals surface area contributed by atoms with E-state index in [9.17, 15) is 9.90 Å². The average Bonchev–Trinajstić information content (AvgIpc) is 2.45. The van der Waals surface area contributed by atoms with Crippen molar-refractivity contribution in [2.45, 2.75) is 31.8 Å². The molecule has 1 aliphatic heterocycles. The minimum Gasteiger partial charge on any atom is -0.388 e. The summed E-state index contributed by atoms with van der Waals surface area (Å²) in [5.41, 5.74) is 4.85. The summed E-state index contributed by atoms with van der Waals surface area (Å²) in [7, 11) is 0. The molecule has 0 radical (unpaired) electrons. The maximum Gasteiger partial charge on any atom is 0.351 e. The summed E-state index contributed by atoms with van der Waals surface area (Å²) in [5.74, 6) is 0.164. The standard InChI is InChI=1S/C9H13N3O3/c1-5-4-6(13)8(15-5)12-3-2-7(10)11-9(12)14/h2-3,5-6,8,13H,4H2,1H3,(H2,10,11,14)/t5?,6-,8?/m0/s1. The second-order valence-corrected chi connectivity index (χ2v) is 3.68. The zero-order valence-corrected chi connectivity index (χ0v) is 8.33. The Morgan fingerprint density at radius 2 is 2.47 bits per heavy atom. The molecule has 1 aromatic rings. The van der Waals surface area contributed by atoms with Crippen molar-refractivity contribution in [2.24, 2.45) is 0 Å². The number of hydrogen-bond donors (Lipinski definition) is 2. The molecule has 1 fully saturated rings. The number of aliphatic hydroxyl groups excluding tert-OH is 1. The van der Waals surface area contributed by atoms with E-state index < -0.39 is 18.0 Å². The molecule has 6 nitrogen and oxygen atoms in total. The molecule has 0 bridgehead atoms. The van der Waals surface area contributed by atoms with Crippen LogP contribution >= 0.6 is 0 Å². The molecule has 15 heavy (non-hydrogen) atoms. The summed E-state index contributed by atoms with van der Waals surface area (Å²) in [5, 5.41) is 9.66. The molecule has 1 saturated heterocycles. The summed E-state index contributed by atoms with van der Waals surface area (Å²) in [6, 6.07) is 1.50. The lowest BCUT2D eigenvalue weighted by atomic mass is 10.2. The first kappa shape index (κ1) is 10.1. The summed E-state index contributed by atoms with van der Waals surface area (Å²) < 4.78 is 6.67. The highest BCUT2D eigenvalue weighted by atomic mass is 16.5. The van der Waals surface area contributed by atoms with Crippen molar-refractivity contribution >= 4 is 5.82 Å². The molecule has 6 heteroatoms. The number of ether oxygens (including phenoxy) is 1. The first-order valence-electron chi connectivity index (χ1n) is 4.76. The highest BCUT2D eigenvalue weighted by Crippen LogP contribution is 2.27. The van der Waals surface area contributed by atoms with Gasteiger partial charge in [-0.1, -0.05) is 0 Å². The van der Waals surface area contributed by atoms with Crippen molar-refractivity contribution in [3.05, 3.63) is 22.7 Å². The van der Waals surface area contributed by atoms with E-state index in [-0.39, 0.29) is 11.9 Å². The molecule has 1 aliphatic rings. The fourth-order valence-corrected chi connectivity index (χ4v) is 1.71. The van der Waals surface area contributed by atoms with E-state index >= 15 is 0 Å². The van der Waals surface area contributed by atoms with E-state index in [1.807, 2.05) is 6.92 Å². The number of rotatable bonds is 1. The number of nitrogen functional groups attached to an aromatic ring is 1. The van der Waals surface area contributed by atoms with E-state index in [0.717, 1.165) is 0 Å². The van der Waals surface area contributed by atoms with Crippen LogP contribution in [-0.4, -0.2) is 26.9 Å². The zero-order chi connectivity index (χ0) is 11.0. The molecular weight excluding hydrogens is 198 g/mol. The van der Waals surface area contributed by atoms with Gasteiger partial charge in [0.2, 0.25) is 0 Å². The molecule has 2 rings (SSSR count). The highest BCUT2D eigenvalue weighted by Gasteiger charge is 2.33. The SMILES string of the molecule is CC1C[C@H](O)C(n2ccc(N)nc2=O)O1. The quantitative estimate of drug-likeness (QED) is 0.653. The van der Waals surface area contributed by atoms with Crippen LogP contribution in [0.2, 0.25) is 0 Å². The third-order valence-electron chi connectivity index (χ3n) is 2.40. The topological polar surface area (TPSA) is 90.4 Å². The van der Waals surface area contributed by atoms with Gasteiger partial charge in [-0.05, 0) is 13.0 Å². The van der Waals surface area contributed by atoms with E-state index in [2.05, 4.69) is 4.98 Å². The summed E-state index contributed by atoms with van der Waals surface area (Å²) in [4.78, 5) is 15.0. The van der Waals surface area contributed by atoms with Gasteiger partial charge in [0.1, 0.15) is 11.9 Å². The van der Waals surface area contributed by atoms with Crippen molar-refractivity contribution in [1.29, 1.82) is 0 Å².